The molecular weight excluding hydrogens is 506 g/mol. The van der Waals surface area contributed by atoms with Crippen LogP contribution < -0.4 is 4.74 Å². The van der Waals surface area contributed by atoms with E-state index < -0.39 is 54.9 Å². The van der Waals surface area contributed by atoms with E-state index in [0.29, 0.717) is 29.7 Å². The number of carbonyl (C=O) groups is 1. The summed E-state index contributed by atoms with van der Waals surface area (Å²) >= 11 is 0. The first-order chi connectivity index (χ1) is 18.4. The maximum Gasteiger partial charge on any atom is 0.255 e. The van der Waals surface area contributed by atoms with E-state index in [2.05, 4.69) is 32.9 Å². The molecule has 0 spiro atoms. The van der Waals surface area contributed by atoms with Gasteiger partial charge in [-0.2, -0.15) is 0 Å². The van der Waals surface area contributed by atoms with Gasteiger partial charge in [0.2, 0.25) is 0 Å². The molecule has 0 saturated carbocycles. The smallest absolute Gasteiger partial charge is 0.255 e. The van der Waals surface area contributed by atoms with E-state index >= 15 is 0 Å². The molecule has 216 valence electrons. The predicted molar refractivity (Wildman–Crippen MR) is 142 cm³/mol. The molecule has 10 heteroatoms. The van der Waals surface area contributed by atoms with Crippen molar-refractivity contribution in [2.75, 3.05) is 6.61 Å². The standard InChI is InChI=1S/C29H41NO9/c1-15(2)7-5-8-16(3)9-6-10-29(4)22(33)12-18-20(32)11-17-19(26(18)39-29)13-30(27(17)36)23-25(35)24(34)21(14-31)38-28(23)37/h7,9,11,21-25,28,31-35,37H,5-6,8,10,12-14H2,1-4H3/b16-9+/t21-,22-,23-,24+,25-,28?,29+/m1/s1. The number of aliphatic hydroxyl groups excluding tert-OH is 5. The van der Waals surface area contributed by atoms with E-state index in [1.165, 1.54) is 22.1 Å². The number of fused-ring (bicyclic) bond motifs is 3. The molecule has 7 atom stereocenters. The fraction of sp³-hybridized carbons (Fsp3) is 0.621. The summed E-state index contributed by atoms with van der Waals surface area (Å²) in [6.45, 7) is 7.36. The topological polar surface area (TPSA) is 160 Å². The van der Waals surface area contributed by atoms with E-state index in [-0.39, 0.29) is 24.3 Å². The number of allylic oxidation sites excluding steroid dienone is 4. The fourth-order valence-electron chi connectivity index (χ4n) is 5.68. The van der Waals surface area contributed by atoms with Gasteiger partial charge in [0.05, 0.1) is 24.8 Å². The summed E-state index contributed by atoms with van der Waals surface area (Å²) in [7, 11) is 0. The lowest BCUT2D eigenvalue weighted by molar-refractivity contribution is -0.268. The molecule has 0 aromatic heterocycles. The van der Waals surface area contributed by atoms with Crippen LogP contribution in [0.1, 0.15) is 74.9 Å². The van der Waals surface area contributed by atoms with E-state index in [9.17, 15) is 35.4 Å². The Bertz CT molecular complexity index is 1140. The Morgan fingerprint density at radius 3 is 2.49 bits per heavy atom. The molecule has 1 aromatic rings. The maximum absolute atomic E-state index is 13.4. The highest BCUT2D eigenvalue weighted by atomic mass is 16.6. The number of hydrogen-bond donors (Lipinski definition) is 6. The van der Waals surface area contributed by atoms with Gasteiger partial charge in [0.1, 0.15) is 41.5 Å². The number of ether oxygens (including phenoxy) is 2. The molecule has 39 heavy (non-hydrogen) atoms. The monoisotopic (exact) mass is 547 g/mol. The molecule has 3 aliphatic rings. The number of aromatic hydroxyl groups is 1. The first kappa shape index (κ1) is 29.5. The van der Waals surface area contributed by atoms with Crippen LogP contribution in [-0.2, 0) is 17.7 Å². The number of phenols is 1. The molecule has 1 saturated heterocycles. The molecule has 1 amide bonds. The second-order valence-electron chi connectivity index (χ2n) is 11.4. The van der Waals surface area contributed by atoms with Crippen molar-refractivity contribution in [2.45, 2.75) is 109 Å². The average Bonchev–Trinajstić information content (AvgIpc) is 3.18. The minimum atomic E-state index is -1.65. The fourth-order valence-corrected chi connectivity index (χ4v) is 5.68. The lowest BCUT2D eigenvalue weighted by Gasteiger charge is -2.44. The van der Waals surface area contributed by atoms with Gasteiger partial charge >= 0.3 is 0 Å². The van der Waals surface area contributed by atoms with Crippen molar-refractivity contribution in [2.24, 2.45) is 0 Å². The molecule has 1 aromatic carbocycles. The molecule has 1 unspecified atom stereocenters. The zero-order chi connectivity index (χ0) is 28.6. The summed E-state index contributed by atoms with van der Waals surface area (Å²) in [5.41, 5.74) is 2.57. The highest BCUT2D eigenvalue weighted by molar-refractivity contribution is 6.00. The third-order valence-corrected chi connectivity index (χ3v) is 8.17. The summed E-state index contributed by atoms with van der Waals surface area (Å²) in [6, 6.07) is 0.00365. The third-order valence-electron chi connectivity index (χ3n) is 8.17. The van der Waals surface area contributed by atoms with E-state index in [1.807, 2.05) is 6.92 Å². The number of nitrogens with zero attached hydrogens (tertiary/aromatic N) is 1. The number of benzene rings is 1. The van der Waals surface area contributed by atoms with Gasteiger partial charge in [0, 0.05) is 17.5 Å². The highest BCUT2D eigenvalue weighted by Crippen LogP contribution is 2.47. The largest absolute Gasteiger partial charge is 0.508 e. The lowest BCUT2D eigenvalue weighted by atomic mass is 9.84. The molecule has 4 rings (SSSR count). The zero-order valence-corrected chi connectivity index (χ0v) is 23.0. The molecule has 0 bridgehead atoms. The van der Waals surface area contributed by atoms with Crippen molar-refractivity contribution in [1.82, 2.24) is 4.90 Å². The van der Waals surface area contributed by atoms with Crippen molar-refractivity contribution >= 4 is 5.91 Å². The minimum absolute atomic E-state index is 0.0645. The van der Waals surface area contributed by atoms with Crippen molar-refractivity contribution in [1.29, 1.82) is 0 Å². The first-order valence-corrected chi connectivity index (χ1v) is 13.5. The van der Waals surface area contributed by atoms with E-state index in [0.717, 1.165) is 12.8 Å². The number of amides is 1. The van der Waals surface area contributed by atoms with Crippen LogP contribution >= 0.6 is 0 Å². The number of phenolic OH excluding ortho intramolecular Hbond substituents is 1. The third kappa shape index (κ3) is 5.73. The number of carbonyl (C=O) groups excluding carboxylic acids is 1. The molecule has 1 fully saturated rings. The summed E-state index contributed by atoms with van der Waals surface area (Å²) < 4.78 is 11.6. The van der Waals surface area contributed by atoms with Crippen molar-refractivity contribution in [3.63, 3.8) is 0 Å². The van der Waals surface area contributed by atoms with Gasteiger partial charge in [-0.25, -0.2) is 0 Å². The normalized spacial score (nSPS) is 32.5. The highest BCUT2D eigenvalue weighted by Gasteiger charge is 2.51. The van der Waals surface area contributed by atoms with Gasteiger partial charge in [-0.3, -0.25) is 4.79 Å². The Kier molecular flexibility index (Phi) is 8.75. The molecular formula is C29H41NO9. The van der Waals surface area contributed by atoms with Crippen LogP contribution in [-0.4, -0.2) is 90.4 Å². The molecule has 3 aliphatic heterocycles. The molecule has 0 radical (unpaired) electrons. The van der Waals surface area contributed by atoms with E-state index in [4.69, 9.17) is 9.47 Å². The van der Waals surface area contributed by atoms with Crippen molar-refractivity contribution in [3.8, 4) is 11.5 Å². The maximum atomic E-state index is 13.4. The Hall–Kier alpha value is -2.47. The second kappa shape index (κ2) is 11.6. The van der Waals surface area contributed by atoms with Crippen LogP contribution in [0, 0.1) is 0 Å². The predicted octanol–water partition coefficient (Wildman–Crippen LogP) is 1.68. The summed E-state index contributed by atoms with van der Waals surface area (Å²) in [5, 5.41) is 62.6. The number of rotatable bonds is 8. The van der Waals surface area contributed by atoms with Gasteiger partial charge in [0.15, 0.2) is 6.29 Å². The average molecular weight is 548 g/mol. The molecule has 10 nitrogen and oxygen atoms in total. The van der Waals surface area contributed by atoms with Gasteiger partial charge in [-0.05, 0) is 59.4 Å². The quantitative estimate of drug-likeness (QED) is 0.266. The minimum Gasteiger partial charge on any atom is -0.508 e. The Morgan fingerprint density at radius 1 is 1.10 bits per heavy atom. The lowest BCUT2D eigenvalue weighted by Crippen LogP contribution is -2.64. The Morgan fingerprint density at radius 2 is 1.82 bits per heavy atom. The van der Waals surface area contributed by atoms with Crippen LogP contribution in [0.3, 0.4) is 0 Å². The van der Waals surface area contributed by atoms with Gasteiger partial charge in [0.25, 0.3) is 5.91 Å². The van der Waals surface area contributed by atoms with Crippen LogP contribution in [0.15, 0.2) is 29.4 Å². The second-order valence-corrected chi connectivity index (χ2v) is 11.4. The van der Waals surface area contributed by atoms with Crippen LogP contribution in [0.4, 0.5) is 0 Å². The van der Waals surface area contributed by atoms with Crippen LogP contribution in [0.25, 0.3) is 0 Å². The van der Waals surface area contributed by atoms with E-state index in [1.54, 1.807) is 0 Å². The first-order valence-electron chi connectivity index (χ1n) is 13.5. The van der Waals surface area contributed by atoms with Gasteiger partial charge in [-0.15, -0.1) is 0 Å². The molecule has 3 heterocycles. The van der Waals surface area contributed by atoms with Gasteiger partial charge < -0.3 is 45.0 Å². The summed E-state index contributed by atoms with van der Waals surface area (Å²) in [5.74, 6) is -0.445. The number of hydrogen-bond acceptors (Lipinski definition) is 9. The number of aliphatic hydroxyl groups is 5. The van der Waals surface area contributed by atoms with Crippen LogP contribution in [0.2, 0.25) is 0 Å². The summed E-state index contributed by atoms with van der Waals surface area (Å²) in [4.78, 5) is 14.6. The zero-order valence-electron chi connectivity index (χ0n) is 23.0. The SMILES string of the molecule is CC(C)=CCC/C(C)=C/CC[C@]1(C)Oc2c(c(O)cc3c2CN([C@H]2C(O)O[C@H](CO)[C@H](O)[C@@H]2O)C3=O)C[C@H]1O. The van der Waals surface area contributed by atoms with Crippen LogP contribution in [0.5, 0.6) is 11.5 Å². The molecule has 0 aliphatic carbocycles. The van der Waals surface area contributed by atoms with Gasteiger partial charge in [-0.1, -0.05) is 23.3 Å². The Labute approximate surface area is 228 Å². The Balaban J connectivity index is 1.55. The molecule has 6 N–H and O–H groups in total. The van der Waals surface area contributed by atoms with Crippen molar-refractivity contribution in [3.05, 3.63) is 46.1 Å². The summed E-state index contributed by atoms with van der Waals surface area (Å²) in [6.07, 6.45) is 0.760. The van der Waals surface area contributed by atoms with Crippen molar-refractivity contribution < 1.29 is 44.9 Å².